The molecule has 0 aromatic heterocycles. The molecule has 1 aliphatic heterocycles. The van der Waals surface area contributed by atoms with Gasteiger partial charge in [0.05, 0.1) is 6.61 Å². The van der Waals surface area contributed by atoms with Crippen LogP contribution in [-0.2, 0) is 23.9 Å². The minimum absolute atomic E-state index is 0.0880. The molecule has 1 saturated heterocycles. The number of aldehydes is 1. The van der Waals surface area contributed by atoms with E-state index < -0.39 is 23.5 Å². The summed E-state index contributed by atoms with van der Waals surface area (Å²) in [5.74, 6) is -1.25. The van der Waals surface area contributed by atoms with Gasteiger partial charge in [-0.05, 0) is 13.3 Å². The van der Waals surface area contributed by atoms with Crippen molar-refractivity contribution in [2.24, 2.45) is 5.41 Å². The lowest BCUT2D eigenvalue weighted by Crippen LogP contribution is -2.36. The first-order chi connectivity index (χ1) is 7.10. The monoisotopic (exact) mass is 214 g/mol. The number of ether oxygens (including phenoxy) is 2. The molecule has 0 radical (unpaired) electrons. The Morgan fingerprint density at radius 1 is 1.67 bits per heavy atom. The molecular weight excluding hydrogens is 200 g/mol. The number of carbonyl (C=O) groups is 3. The molecule has 1 heterocycles. The molecule has 2 unspecified atom stereocenters. The minimum Gasteiger partial charge on any atom is -0.465 e. The van der Waals surface area contributed by atoms with Crippen LogP contribution in [0.2, 0.25) is 0 Å². The zero-order chi connectivity index (χ0) is 11.5. The molecule has 0 aromatic rings. The van der Waals surface area contributed by atoms with Gasteiger partial charge >= 0.3 is 11.9 Å². The highest BCUT2D eigenvalue weighted by atomic mass is 16.6. The summed E-state index contributed by atoms with van der Waals surface area (Å²) >= 11 is 0. The van der Waals surface area contributed by atoms with E-state index in [4.69, 9.17) is 9.47 Å². The SMILES string of the molecule is CCOC(=O)C1(CC)CC(C=O)OC1=O. The van der Waals surface area contributed by atoms with Crippen LogP contribution in [0, 0.1) is 5.41 Å². The number of esters is 2. The van der Waals surface area contributed by atoms with Crippen molar-refractivity contribution in [2.75, 3.05) is 6.61 Å². The largest absolute Gasteiger partial charge is 0.465 e. The third-order valence-electron chi connectivity index (χ3n) is 2.62. The Kier molecular flexibility index (Phi) is 3.44. The zero-order valence-electron chi connectivity index (χ0n) is 8.82. The average molecular weight is 214 g/mol. The highest BCUT2D eigenvalue weighted by Gasteiger charge is 2.54. The smallest absolute Gasteiger partial charge is 0.324 e. The molecule has 1 rings (SSSR count). The molecule has 0 saturated carbocycles. The van der Waals surface area contributed by atoms with Crippen LogP contribution in [0.5, 0.6) is 0 Å². The van der Waals surface area contributed by atoms with Crippen molar-refractivity contribution in [1.82, 2.24) is 0 Å². The van der Waals surface area contributed by atoms with Crippen LogP contribution in [0.25, 0.3) is 0 Å². The standard InChI is InChI=1S/C10H14O5/c1-3-10(8(12)14-4-2)5-7(6-11)15-9(10)13/h6-7H,3-5H2,1-2H3. The maximum Gasteiger partial charge on any atom is 0.324 e. The molecule has 0 amide bonds. The Bertz CT molecular complexity index is 286. The quantitative estimate of drug-likeness (QED) is 0.386. The van der Waals surface area contributed by atoms with Gasteiger partial charge in [0.25, 0.3) is 0 Å². The van der Waals surface area contributed by atoms with Crippen LogP contribution in [-0.4, -0.2) is 30.9 Å². The Hall–Kier alpha value is -1.39. The average Bonchev–Trinajstić information content (AvgIpc) is 2.56. The fourth-order valence-corrected chi connectivity index (χ4v) is 1.66. The Labute approximate surface area is 87.7 Å². The van der Waals surface area contributed by atoms with Gasteiger partial charge in [-0.3, -0.25) is 14.4 Å². The lowest BCUT2D eigenvalue weighted by Gasteiger charge is -2.19. The van der Waals surface area contributed by atoms with Crippen LogP contribution >= 0.6 is 0 Å². The second-order valence-corrected chi connectivity index (χ2v) is 3.44. The maximum absolute atomic E-state index is 11.6. The third kappa shape index (κ3) is 1.86. The number of carbonyl (C=O) groups excluding carboxylic acids is 3. The second-order valence-electron chi connectivity index (χ2n) is 3.44. The molecule has 1 fully saturated rings. The fraction of sp³-hybridized carbons (Fsp3) is 0.700. The first kappa shape index (κ1) is 11.7. The molecule has 0 aromatic carbocycles. The van der Waals surface area contributed by atoms with Gasteiger partial charge < -0.3 is 9.47 Å². The predicted molar refractivity (Wildman–Crippen MR) is 49.9 cm³/mol. The first-order valence-electron chi connectivity index (χ1n) is 4.94. The van der Waals surface area contributed by atoms with Gasteiger partial charge in [-0.15, -0.1) is 0 Å². The zero-order valence-corrected chi connectivity index (χ0v) is 8.82. The number of hydrogen-bond acceptors (Lipinski definition) is 5. The van der Waals surface area contributed by atoms with Crippen molar-refractivity contribution < 1.29 is 23.9 Å². The minimum atomic E-state index is -1.28. The summed E-state index contributed by atoms with van der Waals surface area (Å²) in [6.45, 7) is 3.57. The summed E-state index contributed by atoms with van der Waals surface area (Å²) in [6.07, 6.45) is 0.0932. The lowest BCUT2D eigenvalue weighted by atomic mass is 9.82. The van der Waals surface area contributed by atoms with E-state index in [1.54, 1.807) is 13.8 Å². The molecule has 0 N–H and O–H groups in total. The summed E-state index contributed by atoms with van der Waals surface area (Å²) in [7, 11) is 0. The van der Waals surface area contributed by atoms with Crippen LogP contribution in [0.3, 0.4) is 0 Å². The second kappa shape index (κ2) is 4.42. The van der Waals surface area contributed by atoms with Gasteiger partial charge in [-0.25, -0.2) is 0 Å². The Balaban J connectivity index is 2.89. The topological polar surface area (TPSA) is 69.7 Å². The van der Waals surface area contributed by atoms with E-state index in [9.17, 15) is 14.4 Å². The van der Waals surface area contributed by atoms with E-state index in [-0.39, 0.29) is 19.4 Å². The summed E-state index contributed by atoms with van der Waals surface area (Å²) in [6, 6.07) is 0. The third-order valence-corrected chi connectivity index (χ3v) is 2.62. The molecule has 5 heteroatoms. The van der Waals surface area contributed by atoms with Gasteiger partial charge in [0.15, 0.2) is 17.8 Å². The summed E-state index contributed by atoms with van der Waals surface area (Å²) < 4.78 is 9.60. The number of hydrogen-bond donors (Lipinski definition) is 0. The predicted octanol–water partition coefficient (Wildman–Crippen LogP) is 0.460. The molecule has 0 spiro atoms. The van der Waals surface area contributed by atoms with Gasteiger partial charge in [0, 0.05) is 6.42 Å². The van der Waals surface area contributed by atoms with Gasteiger partial charge in [0.1, 0.15) is 0 Å². The molecular formula is C10H14O5. The van der Waals surface area contributed by atoms with Gasteiger partial charge in [-0.2, -0.15) is 0 Å². The molecule has 15 heavy (non-hydrogen) atoms. The van der Waals surface area contributed by atoms with Crippen LogP contribution in [0.15, 0.2) is 0 Å². The Morgan fingerprint density at radius 2 is 2.33 bits per heavy atom. The molecule has 2 atom stereocenters. The first-order valence-corrected chi connectivity index (χ1v) is 4.94. The van der Waals surface area contributed by atoms with E-state index in [0.717, 1.165) is 0 Å². The van der Waals surface area contributed by atoms with Crippen LogP contribution in [0.1, 0.15) is 26.7 Å². The van der Waals surface area contributed by atoms with Crippen molar-refractivity contribution in [1.29, 1.82) is 0 Å². The van der Waals surface area contributed by atoms with Crippen LogP contribution in [0.4, 0.5) is 0 Å². The summed E-state index contributed by atoms with van der Waals surface area (Å²) in [5, 5.41) is 0. The Morgan fingerprint density at radius 3 is 2.73 bits per heavy atom. The van der Waals surface area contributed by atoms with Gasteiger partial charge in [-0.1, -0.05) is 6.92 Å². The van der Waals surface area contributed by atoms with E-state index in [0.29, 0.717) is 6.29 Å². The number of rotatable bonds is 4. The maximum atomic E-state index is 11.6. The molecule has 0 bridgehead atoms. The van der Waals surface area contributed by atoms with Crippen LogP contribution < -0.4 is 0 Å². The van der Waals surface area contributed by atoms with Gasteiger partial charge in [0.2, 0.25) is 0 Å². The fourth-order valence-electron chi connectivity index (χ4n) is 1.66. The highest BCUT2D eigenvalue weighted by molar-refractivity contribution is 6.02. The summed E-state index contributed by atoms with van der Waals surface area (Å²) in [4.78, 5) is 33.7. The molecule has 5 nitrogen and oxygen atoms in total. The van der Waals surface area contributed by atoms with E-state index in [2.05, 4.69) is 0 Å². The van der Waals surface area contributed by atoms with Crippen molar-refractivity contribution >= 4 is 18.2 Å². The number of cyclic esters (lactones) is 1. The molecule has 0 aliphatic carbocycles. The molecule has 84 valence electrons. The lowest BCUT2D eigenvalue weighted by molar-refractivity contribution is -0.165. The normalized spacial score (nSPS) is 29.7. The summed E-state index contributed by atoms with van der Waals surface area (Å²) in [5.41, 5.74) is -1.28. The van der Waals surface area contributed by atoms with Crippen molar-refractivity contribution in [3.05, 3.63) is 0 Å². The van der Waals surface area contributed by atoms with Crippen molar-refractivity contribution in [3.8, 4) is 0 Å². The van der Waals surface area contributed by atoms with E-state index in [1.807, 2.05) is 0 Å². The van der Waals surface area contributed by atoms with Crippen molar-refractivity contribution in [3.63, 3.8) is 0 Å². The van der Waals surface area contributed by atoms with E-state index >= 15 is 0 Å². The highest BCUT2D eigenvalue weighted by Crippen LogP contribution is 2.37. The molecule has 1 aliphatic rings. The van der Waals surface area contributed by atoms with Crippen molar-refractivity contribution in [2.45, 2.75) is 32.8 Å². The van der Waals surface area contributed by atoms with E-state index in [1.165, 1.54) is 0 Å².